The fourth-order valence-electron chi connectivity index (χ4n) is 1.57. The maximum atomic E-state index is 13.1. The molecule has 1 aromatic heterocycles. The first-order valence-electron chi connectivity index (χ1n) is 5.79. The zero-order valence-electron chi connectivity index (χ0n) is 10.3. The van der Waals surface area contributed by atoms with E-state index in [2.05, 4.69) is 45.3 Å². The van der Waals surface area contributed by atoms with Crippen LogP contribution < -0.4 is 5.32 Å². The number of hydrogen-bond acceptors (Lipinski definition) is 2. The van der Waals surface area contributed by atoms with Gasteiger partial charge in [0.25, 0.3) is 0 Å². The Hall–Kier alpha value is -1.20. The molecule has 0 aliphatic carbocycles. The van der Waals surface area contributed by atoms with Crippen LogP contribution >= 0.6 is 15.9 Å². The van der Waals surface area contributed by atoms with Gasteiger partial charge in [0, 0.05) is 23.8 Å². The molecule has 3 nitrogen and oxygen atoms in total. The summed E-state index contributed by atoms with van der Waals surface area (Å²) >= 11 is 3.17. The molecular weight excluding hydrogens is 297 g/mol. The van der Waals surface area contributed by atoms with Gasteiger partial charge < -0.3 is 5.32 Å². The third-order valence-electron chi connectivity index (χ3n) is 2.55. The van der Waals surface area contributed by atoms with E-state index >= 15 is 0 Å². The molecule has 0 amide bonds. The molecule has 96 valence electrons. The van der Waals surface area contributed by atoms with Crippen LogP contribution in [0.3, 0.4) is 0 Å². The quantitative estimate of drug-likeness (QED) is 0.907. The minimum Gasteiger partial charge on any atom is -0.309 e. The summed E-state index contributed by atoms with van der Waals surface area (Å²) in [6, 6.07) is 7.27. The first-order valence-corrected chi connectivity index (χ1v) is 6.58. The average Bonchev–Trinajstić information content (AvgIpc) is 2.79. The van der Waals surface area contributed by atoms with E-state index in [1.54, 1.807) is 12.1 Å². The van der Waals surface area contributed by atoms with Crippen LogP contribution in [0.25, 0.3) is 11.3 Å². The van der Waals surface area contributed by atoms with Crippen molar-refractivity contribution in [2.45, 2.75) is 26.4 Å². The van der Waals surface area contributed by atoms with Gasteiger partial charge in [-0.2, -0.15) is 5.10 Å². The zero-order valence-corrected chi connectivity index (χ0v) is 11.9. The molecule has 0 bridgehead atoms. The predicted octanol–water partition coefficient (Wildman–Crippen LogP) is 3.48. The van der Waals surface area contributed by atoms with E-state index in [4.69, 9.17) is 0 Å². The Balaban J connectivity index is 2.16. The first kappa shape index (κ1) is 13.2. The highest BCUT2D eigenvalue weighted by molar-refractivity contribution is 9.10. The van der Waals surface area contributed by atoms with Gasteiger partial charge in [-0.05, 0) is 40.2 Å². The van der Waals surface area contributed by atoms with E-state index in [0.717, 1.165) is 23.5 Å². The number of halogens is 2. The average molecular weight is 312 g/mol. The number of aromatic amines is 1. The third-order valence-corrected chi connectivity index (χ3v) is 3.15. The zero-order chi connectivity index (χ0) is 13.1. The molecule has 0 spiro atoms. The number of nitrogens with zero attached hydrogens (tertiary/aromatic N) is 1. The molecule has 0 saturated carbocycles. The van der Waals surface area contributed by atoms with Crippen molar-refractivity contribution in [3.05, 3.63) is 40.2 Å². The molecule has 18 heavy (non-hydrogen) atoms. The maximum absolute atomic E-state index is 13.1. The monoisotopic (exact) mass is 311 g/mol. The second-order valence-corrected chi connectivity index (χ2v) is 5.30. The summed E-state index contributed by atoms with van der Waals surface area (Å²) in [4.78, 5) is 0. The second-order valence-electron chi connectivity index (χ2n) is 4.44. The van der Waals surface area contributed by atoms with Gasteiger partial charge in [-0.3, -0.25) is 5.10 Å². The topological polar surface area (TPSA) is 40.7 Å². The van der Waals surface area contributed by atoms with Crippen molar-refractivity contribution in [2.24, 2.45) is 0 Å². The number of H-pyrrole nitrogens is 1. The molecule has 0 unspecified atom stereocenters. The van der Waals surface area contributed by atoms with Gasteiger partial charge in [0.2, 0.25) is 0 Å². The Bertz CT molecular complexity index is 537. The normalized spacial score (nSPS) is 11.2. The minimum absolute atomic E-state index is 0.268. The molecular formula is C13H15BrFN3. The number of nitrogens with one attached hydrogen (secondary N) is 2. The van der Waals surface area contributed by atoms with Crippen molar-refractivity contribution in [3.8, 4) is 11.3 Å². The molecule has 0 atom stereocenters. The highest BCUT2D eigenvalue weighted by Gasteiger charge is 2.07. The van der Waals surface area contributed by atoms with Crippen molar-refractivity contribution in [1.82, 2.24) is 15.5 Å². The predicted molar refractivity (Wildman–Crippen MR) is 73.7 cm³/mol. The van der Waals surface area contributed by atoms with Crippen LogP contribution in [0.5, 0.6) is 0 Å². The van der Waals surface area contributed by atoms with E-state index in [9.17, 15) is 4.39 Å². The Labute approximate surface area is 114 Å². The molecule has 1 heterocycles. The largest absolute Gasteiger partial charge is 0.309 e. The Morgan fingerprint density at radius 2 is 2.17 bits per heavy atom. The summed E-state index contributed by atoms with van der Waals surface area (Å²) < 4.78 is 13.6. The number of hydrogen-bond donors (Lipinski definition) is 2. The number of aromatic nitrogens is 2. The van der Waals surface area contributed by atoms with Gasteiger partial charge in [0.05, 0.1) is 10.2 Å². The lowest BCUT2D eigenvalue weighted by atomic mass is 10.1. The lowest BCUT2D eigenvalue weighted by Crippen LogP contribution is -2.21. The van der Waals surface area contributed by atoms with Crippen molar-refractivity contribution < 1.29 is 4.39 Å². The Morgan fingerprint density at radius 1 is 1.39 bits per heavy atom. The van der Waals surface area contributed by atoms with E-state index in [1.165, 1.54) is 6.07 Å². The summed E-state index contributed by atoms with van der Waals surface area (Å²) in [5.74, 6) is -0.268. The fraction of sp³-hybridized carbons (Fsp3) is 0.308. The molecule has 0 aliphatic heterocycles. The lowest BCUT2D eigenvalue weighted by molar-refractivity contribution is 0.580. The molecule has 5 heteroatoms. The first-order chi connectivity index (χ1) is 8.56. The molecule has 0 saturated heterocycles. The minimum atomic E-state index is -0.268. The van der Waals surface area contributed by atoms with Crippen LogP contribution in [0, 0.1) is 5.82 Å². The van der Waals surface area contributed by atoms with E-state index in [1.807, 2.05) is 6.07 Å². The highest BCUT2D eigenvalue weighted by atomic mass is 79.9. The second kappa shape index (κ2) is 5.63. The third kappa shape index (κ3) is 3.17. The van der Waals surface area contributed by atoms with Gasteiger partial charge in [-0.15, -0.1) is 0 Å². The van der Waals surface area contributed by atoms with Crippen molar-refractivity contribution in [2.75, 3.05) is 0 Å². The van der Waals surface area contributed by atoms with Crippen LogP contribution in [0.2, 0.25) is 0 Å². The van der Waals surface area contributed by atoms with Gasteiger partial charge in [-0.25, -0.2) is 4.39 Å². The van der Waals surface area contributed by atoms with Crippen LogP contribution in [0.15, 0.2) is 28.7 Å². The number of rotatable bonds is 4. The molecule has 2 N–H and O–H groups in total. The van der Waals surface area contributed by atoms with E-state index < -0.39 is 0 Å². The molecule has 0 radical (unpaired) electrons. The van der Waals surface area contributed by atoms with Crippen molar-refractivity contribution in [1.29, 1.82) is 0 Å². The molecule has 0 aliphatic rings. The Morgan fingerprint density at radius 3 is 2.83 bits per heavy atom. The summed E-state index contributed by atoms with van der Waals surface area (Å²) in [7, 11) is 0. The van der Waals surface area contributed by atoms with Crippen LogP contribution in [0.4, 0.5) is 4.39 Å². The van der Waals surface area contributed by atoms with Gasteiger partial charge in [0.1, 0.15) is 5.82 Å². The fourth-order valence-corrected chi connectivity index (χ4v) is 1.95. The van der Waals surface area contributed by atoms with Gasteiger partial charge in [0.15, 0.2) is 0 Å². The van der Waals surface area contributed by atoms with Crippen LogP contribution in [-0.4, -0.2) is 16.2 Å². The summed E-state index contributed by atoms with van der Waals surface area (Å²) in [6.45, 7) is 4.93. The standard InChI is InChI=1S/C13H15BrFN3/c1-8(2)16-7-10-6-13(18-17-10)9-3-4-12(15)11(14)5-9/h3-6,8,16H,7H2,1-2H3,(H,17,18). The maximum Gasteiger partial charge on any atom is 0.137 e. The summed E-state index contributed by atoms with van der Waals surface area (Å²) in [5, 5.41) is 10.5. The summed E-state index contributed by atoms with van der Waals surface area (Å²) in [5.41, 5.74) is 2.71. The van der Waals surface area contributed by atoms with Gasteiger partial charge >= 0.3 is 0 Å². The summed E-state index contributed by atoms with van der Waals surface area (Å²) in [6.07, 6.45) is 0. The molecule has 0 fully saturated rings. The lowest BCUT2D eigenvalue weighted by Gasteiger charge is -2.04. The number of benzene rings is 1. The molecule has 1 aromatic carbocycles. The van der Waals surface area contributed by atoms with Gasteiger partial charge in [-0.1, -0.05) is 13.8 Å². The molecule has 2 aromatic rings. The van der Waals surface area contributed by atoms with E-state index in [-0.39, 0.29) is 5.82 Å². The smallest absolute Gasteiger partial charge is 0.137 e. The van der Waals surface area contributed by atoms with Crippen LogP contribution in [0.1, 0.15) is 19.5 Å². The van der Waals surface area contributed by atoms with Crippen LogP contribution in [-0.2, 0) is 6.54 Å². The Kier molecular flexibility index (Phi) is 4.14. The van der Waals surface area contributed by atoms with E-state index in [0.29, 0.717) is 10.5 Å². The van der Waals surface area contributed by atoms with Crippen molar-refractivity contribution >= 4 is 15.9 Å². The van der Waals surface area contributed by atoms with Crippen molar-refractivity contribution in [3.63, 3.8) is 0 Å². The highest BCUT2D eigenvalue weighted by Crippen LogP contribution is 2.24. The molecule has 2 rings (SSSR count). The SMILES string of the molecule is CC(C)NCc1cc(-c2ccc(F)c(Br)c2)n[nH]1.